The Labute approximate surface area is 110 Å². The van der Waals surface area contributed by atoms with Gasteiger partial charge in [-0.05, 0) is 31.0 Å². The highest BCUT2D eigenvalue weighted by Crippen LogP contribution is 2.19. The fourth-order valence-corrected chi connectivity index (χ4v) is 2.10. The van der Waals surface area contributed by atoms with Gasteiger partial charge in [0.15, 0.2) is 0 Å². The van der Waals surface area contributed by atoms with Crippen LogP contribution in [0.3, 0.4) is 0 Å². The van der Waals surface area contributed by atoms with Gasteiger partial charge >= 0.3 is 0 Å². The molecule has 0 heterocycles. The van der Waals surface area contributed by atoms with Gasteiger partial charge in [-0.3, -0.25) is 0 Å². The second-order valence-corrected chi connectivity index (χ2v) is 5.37. The van der Waals surface area contributed by atoms with Crippen LogP contribution in [0.5, 0.6) is 5.75 Å². The van der Waals surface area contributed by atoms with Crippen molar-refractivity contribution >= 4 is 15.9 Å². The van der Waals surface area contributed by atoms with Crippen molar-refractivity contribution < 1.29 is 9.84 Å². The fraction of sp³-hybridized carbons (Fsp3) is 0.538. The zero-order valence-electron chi connectivity index (χ0n) is 9.73. The van der Waals surface area contributed by atoms with Crippen molar-refractivity contribution in [2.75, 3.05) is 13.2 Å². The van der Waals surface area contributed by atoms with Gasteiger partial charge in [0.2, 0.25) is 0 Å². The third-order valence-corrected chi connectivity index (χ3v) is 3.48. The SMILES string of the molecule is OC(CNC1CCC1)COc1cccc(Br)c1. The van der Waals surface area contributed by atoms with Gasteiger partial charge in [0, 0.05) is 17.1 Å². The normalized spacial score (nSPS) is 17.5. The number of aliphatic hydroxyl groups is 1. The van der Waals surface area contributed by atoms with Crippen LogP contribution in [-0.4, -0.2) is 30.4 Å². The third-order valence-electron chi connectivity index (χ3n) is 2.99. The lowest BCUT2D eigenvalue weighted by Gasteiger charge is -2.27. The molecule has 0 spiro atoms. The van der Waals surface area contributed by atoms with E-state index in [9.17, 15) is 5.11 Å². The number of aliphatic hydroxyl groups excluding tert-OH is 1. The third kappa shape index (κ3) is 4.30. The average Bonchev–Trinajstić information content (AvgIpc) is 2.24. The first kappa shape index (κ1) is 12.9. The Morgan fingerprint density at radius 2 is 2.29 bits per heavy atom. The highest BCUT2D eigenvalue weighted by atomic mass is 79.9. The Morgan fingerprint density at radius 1 is 1.47 bits per heavy atom. The van der Waals surface area contributed by atoms with Crippen molar-refractivity contribution in [3.63, 3.8) is 0 Å². The summed E-state index contributed by atoms with van der Waals surface area (Å²) in [6.07, 6.45) is 3.33. The highest BCUT2D eigenvalue weighted by molar-refractivity contribution is 9.10. The summed E-state index contributed by atoms with van der Waals surface area (Å²) in [4.78, 5) is 0. The summed E-state index contributed by atoms with van der Waals surface area (Å²) in [6, 6.07) is 8.25. The Hall–Kier alpha value is -0.580. The minimum Gasteiger partial charge on any atom is -0.491 e. The minimum atomic E-state index is -0.449. The van der Waals surface area contributed by atoms with Gasteiger partial charge in [-0.15, -0.1) is 0 Å². The molecule has 0 aromatic heterocycles. The van der Waals surface area contributed by atoms with E-state index >= 15 is 0 Å². The Bertz CT molecular complexity index is 355. The lowest BCUT2D eigenvalue weighted by Crippen LogP contribution is -2.41. The summed E-state index contributed by atoms with van der Waals surface area (Å²) < 4.78 is 6.50. The predicted molar refractivity (Wildman–Crippen MR) is 71.3 cm³/mol. The van der Waals surface area contributed by atoms with E-state index in [4.69, 9.17) is 4.74 Å². The second kappa shape index (κ2) is 6.38. The molecule has 0 radical (unpaired) electrons. The fourth-order valence-electron chi connectivity index (χ4n) is 1.72. The minimum absolute atomic E-state index is 0.330. The van der Waals surface area contributed by atoms with Crippen LogP contribution in [-0.2, 0) is 0 Å². The first-order valence-corrected chi connectivity index (χ1v) is 6.83. The lowest BCUT2D eigenvalue weighted by atomic mass is 9.93. The summed E-state index contributed by atoms with van der Waals surface area (Å²) in [7, 11) is 0. The van der Waals surface area contributed by atoms with Crippen molar-refractivity contribution in [2.24, 2.45) is 0 Å². The molecule has 4 heteroatoms. The molecule has 1 unspecified atom stereocenters. The zero-order chi connectivity index (χ0) is 12.1. The molecule has 1 aromatic rings. The summed E-state index contributed by atoms with van der Waals surface area (Å²) in [5, 5.41) is 13.1. The average molecular weight is 300 g/mol. The van der Waals surface area contributed by atoms with E-state index in [1.54, 1.807) is 0 Å². The van der Waals surface area contributed by atoms with Crippen LogP contribution in [0.1, 0.15) is 19.3 Å². The molecule has 94 valence electrons. The highest BCUT2D eigenvalue weighted by Gasteiger charge is 2.17. The molecule has 0 bridgehead atoms. The molecule has 0 amide bonds. The second-order valence-electron chi connectivity index (χ2n) is 4.46. The molecule has 1 saturated carbocycles. The zero-order valence-corrected chi connectivity index (χ0v) is 11.3. The van der Waals surface area contributed by atoms with Gasteiger partial charge in [0.25, 0.3) is 0 Å². The molecule has 1 fully saturated rings. The van der Waals surface area contributed by atoms with Crippen molar-refractivity contribution in [2.45, 2.75) is 31.4 Å². The maximum Gasteiger partial charge on any atom is 0.120 e. The van der Waals surface area contributed by atoms with Crippen LogP contribution in [0.15, 0.2) is 28.7 Å². The number of benzene rings is 1. The maximum atomic E-state index is 9.75. The van der Waals surface area contributed by atoms with Gasteiger partial charge in [-0.2, -0.15) is 0 Å². The first-order valence-electron chi connectivity index (χ1n) is 6.04. The van der Waals surface area contributed by atoms with Crippen LogP contribution in [0.25, 0.3) is 0 Å². The van der Waals surface area contributed by atoms with E-state index in [2.05, 4.69) is 21.2 Å². The van der Waals surface area contributed by atoms with Crippen molar-refractivity contribution in [1.29, 1.82) is 0 Å². The van der Waals surface area contributed by atoms with Gasteiger partial charge in [-0.25, -0.2) is 0 Å². The molecule has 1 atom stereocenters. The Balaban J connectivity index is 1.66. The van der Waals surface area contributed by atoms with E-state index in [0.717, 1.165) is 10.2 Å². The van der Waals surface area contributed by atoms with E-state index in [1.165, 1.54) is 19.3 Å². The largest absolute Gasteiger partial charge is 0.491 e. The maximum absolute atomic E-state index is 9.75. The molecule has 3 nitrogen and oxygen atoms in total. The Kier molecular flexibility index (Phi) is 4.83. The molecular weight excluding hydrogens is 282 g/mol. The molecule has 0 aliphatic heterocycles. The van der Waals surface area contributed by atoms with Gasteiger partial charge < -0.3 is 15.2 Å². The molecular formula is C13H18BrNO2. The van der Waals surface area contributed by atoms with Crippen molar-refractivity contribution in [1.82, 2.24) is 5.32 Å². The van der Waals surface area contributed by atoms with Crippen molar-refractivity contribution in [3.05, 3.63) is 28.7 Å². The van der Waals surface area contributed by atoms with Crippen LogP contribution in [0.2, 0.25) is 0 Å². The summed E-state index contributed by atoms with van der Waals surface area (Å²) in [6.45, 7) is 0.939. The quantitative estimate of drug-likeness (QED) is 0.847. The van der Waals surface area contributed by atoms with Gasteiger partial charge in [-0.1, -0.05) is 28.4 Å². The topological polar surface area (TPSA) is 41.5 Å². The number of ether oxygens (including phenoxy) is 1. The summed E-state index contributed by atoms with van der Waals surface area (Å²) in [5.41, 5.74) is 0. The molecule has 1 aliphatic rings. The molecule has 2 N–H and O–H groups in total. The number of rotatable bonds is 6. The smallest absolute Gasteiger partial charge is 0.120 e. The lowest BCUT2D eigenvalue weighted by molar-refractivity contribution is 0.0997. The summed E-state index contributed by atoms with van der Waals surface area (Å²) in [5.74, 6) is 0.780. The standard InChI is InChI=1S/C13H18BrNO2/c14-10-3-1-6-13(7-10)17-9-12(16)8-15-11-4-2-5-11/h1,3,6-7,11-12,15-16H,2,4-5,8-9H2. The predicted octanol–water partition coefficient (Wildman–Crippen LogP) is 2.33. The van der Waals surface area contributed by atoms with E-state index < -0.39 is 6.10 Å². The molecule has 1 aromatic carbocycles. The van der Waals surface area contributed by atoms with Gasteiger partial charge in [0.1, 0.15) is 18.5 Å². The first-order chi connectivity index (χ1) is 8.24. The number of hydrogen-bond acceptors (Lipinski definition) is 3. The summed E-state index contributed by atoms with van der Waals surface area (Å²) >= 11 is 3.38. The molecule has 17 heavy (non-hydrogen) atoms. The number of hydrogen-bond donors (Lipinski definition) is 2. The van der Waals surface area contributed by atoms with Crippen LogP contribution in [0, 0.1) is 0 Å². The number of halogens is 1. The van der Waals surface area contributed by atoms with E-state index in [0.29, 0.717) is 19.2 Å². The van der Waals surface area contributed by atoms with Crippen LogP contribution < -0.4 is 10.1 Å². The number of nitrogens with one attached hydrogen (secondary N) is 1. The monoisotopic (exact) mass is 299 g/mol. The van der Waals surface area contributed by atoms with Crippen LogP contribution >= 0.6 is 15.9 Å². The van der Waals surface area contributed by atoms with Gasteiger partial charge in [0.05, 0.1) is 0 Å². The van der Waals surface area contributed by atoms with E-state index in [-0.39, 0.29) is 0 Å². The Morgan fingerprint density at radius 3 is 2.94 bits per heavy atom. The van der Waals surface area contributed by atoms with Crippen molar-refractivity contribution in [3.8, 4) is 5.75 Å². The van der Waals surface area contributed by atoms with E-state index in [1.807, 2.05) is 24.3 Å². The molecule has 0 saturated heterocycles. The molecule has 2 rings (SSSR count). The van der Waals surface area contributed by atoms with Crippen LogP contribution in [0.4, 0.5) is 0 Å². The molecule has 1 aliphatic carbocycles.